The Morgan fingerprint density at radius 1 is 1.36 bits per heavy atom. The molecule has 0 saturated carbocycles. The summed E-state index contributed by atoms with van der Waals surface area (Å²) < 4.78 is 0. The van der Waals surface area contributed by atoms with Crippen LogP contribution in [0.1, 0.15) is 34.1 Å². The smallest absolute Gasteiger partial charge is 0.185 e. The number of guanidine groups is 1. The van der Waals surface area contributed by atoms with Gasteiger partial charge in [-0.25, -0.2) is 0 Å². The van der Waals surface area contributed by atoms with Crippen molar-refractivity contribution in [3.8, 4) is 0 Å². The van der Waals surface area contributed by atoms with Gasteiger partial charge in [0.1, 0.15) is 0 Å². The maximum atomic E-state index is 6.96. The SMILES string of the molecule is C[C@H](NCCCNC(=N)N)C(C)(C)C. The third-order valence-electron chi connectivity index (χ3n) is 2.42. The molecular weight excluding hydrogens is 176 g/mol. The van der Waals surface area contributed by atoms with E-state index in [-0.39, 0.29) is 5.96 Å². The minimum absolute atomic E-state index is 0.0499. The number of nitrogens with two attached hydrogens (primary N) is 1. The lowest BCUT2D eigenvalue weighted by Crippen LogP contribution is -2.39. The van der Waals surface area contributed by atoms with Crippen molar-refractivity contribution >= 4 is 5.96 Å². The van der Waals surface area contributed by atoms with Gasteiger partial charge in [0.05, 0.1) is 0 Å². The van der Waals surface area contributed by atoms with Gasteiger partial charge in [-0.1, -0.05) is 20.8 Å². The van der Waals surface area contributed by atoms with Crippen LogP contribution in [0.3, 0.4) is 0 Å². The zero-order chi connectivity index (χ0) is 11.2. The fourth-order valence-corrected chi connectivity index (χ4v) is 0.936. The van der Waals surface area contributed by atoms with E-state index in [9.17, 15) is 0 Å². The maximum Gasteiger partial charge on any atom is 0.185 e. The quantitative estimate of drug-likeness (QED) is 0.302. The molecule has 0 radical (unpaired) electrons. The van der Waals surface area contributed by atoms with Gasteiger partial charge >= 0.3 is 0 Å². The van der Waals surface area contributed by atoms with E-state index >= 15 is 0 Å². The van der Waals surface area contributed by atoms with Gasteiger partial charge in [0.25, 0.3) is 0 Å². The van der Waals surface area contributed by atoms with Gasteiger partial charge in [-0.2, -0.15) is 0 Å². The van der Waals surface area contributed by atoms with E-state index < -0.39 is 0 Å². The lowest BCUT2D eigenvalue weighted by molar-refractivity contribution is 0.286. The van der Waals surface area contributed by atoms with E-state index in [1.165, 1.54) is 0 Å². The predicted octanol–water partition coefficient (Wildman–Crippen LogP) is 0.884. The summed E-state index contributed by atoms with van der Waals surface area (Å²) in [6.45, 7) is 10.6. The van der Waals surface area contributed by atoms with Crippen LogP contribution in [0, 0.1) is 10.8 Å². The van der Waals surface area contributed by atoms with Crippen molar-refractivity contribution in [2.45, 2.75) is 40.2 Å². The molecule has 0 fully saturated rings. The Kier molecular flexibility index (Phi) is 5.53. The first-order valence-corrected chi connectivity index (χ1v) is 5.15. The van der Waals surface area contributed by atoms with Crippen molar-refractivity contribution in [3.63, 3.8) is 0 Å². The molecule has 5 N–H and O–H groups in total. The first kappa shape index (κ1) is 13.2. The molecule has 0 unspecified atom stereocenters. The van der Waals surface area contributed by atoms with Gasteiger partial charge in [0.15, 0.2) is 5.96 Å². The molecule has 0 spiro atoms. The first-order chi connectivity index (χ1) is 6.34. The van der Waals surface area contributed by atoms with Crippen molar-refractivity contribution in [1.82, 2.24) is 10.6 Å². The van der Waals surface area contributed by atoms with Gasteiger partial charge in [-0.3, -0.25) is 5.41 Å². The number of hydrogen-bond acceptors (Lipinski definition) is 2. The summed E-state index contributed by atoms with van der Waals surface area (Å²) in [5, 5.41) is 13.2. The van der Waals surface area contributed by atoms with Gasteiger partial charge in [0, 0.05) is 12.6 Å². The summed E-state index contributed by atoms with van der Waals surface area (Å²) >= 11 is 0. The fraction of sp³-hybridized carbons (Fsp3) is 0.900. The van der Waals surface area contributed by atoms with Gasteiger partial charge < -0.3 is 16.4 Å². The van der Waals surface area contributed by atoms with Crippen molar-refractivity contribution in [2.24, 2.45) is 11.1 Å². The van der Waals surface area contributed by atoms with Gasteiger partial charge in [-0.05, 0) is 25.3 Å². The molecule has 0 aliphatic heterocycles. The van der Waals surface area contributed by atoms with Crippen LogP contribution in [0.25, 0.3) is 0 Å². The summed E-state index contributed by atoms with van der Waals surface area (Å²) in [6, 6.07) is 0.500. The van der Waals surface area contributed by atoms with E-state index in [2.05, 4.69) is 38.3 Å². The van der Waals surface area contributed by atoms with Gasteiger partial charge in [0.2, 0.25) is 0 Å². The van der Waals surface area contributed by atoms with Crippen LogP contribution >= 0.6 is 0 Å². The molecule has 0 bridgehead atoms. The number of nitrogens with one attached hydrogen (secondary N) is 3. The third-order valence-corrected chi connectivity index (χ3v) is 2.42. The molecular formula is C10H24N4. The van der Waals surface area contributed by atoms with Crippen LogP contribution in [-0.4, -0.2) is 25.1 Å². The second-order valence-electron chi connectivity index (χ2n) is 4.74. The highest BCUT2D eigenvalue weighted by atomic mass is 15.0. The molecule has 84 valence electrons. The monoisotopic (exact) mass is 200 g/mol. The Hall–Kier alpha value is -0.770. The molecule has 0 aliphatic carbocycles. The fourth-order valence-electron chi connectivity index (χ4n) is 0.936. The largest absolute Gasteiger partial charge is 0.370 e. The van der Waals surface area contributed by atoms with Crippen LogP contribution < -0.4 is 16.4 Å². The zero-order valence-corrected chi connectivity index (χ0v) is 9.78. The second-order valence-corrected chi connectivity index (χ2v) is 4.74. The zero-order valence-electron chi connectivity index (χ0n) is 9.78. The highest BCUT2D eigenvalue weighted by molar-refractivity contribution is 5.74. The van der Waals surface area contributed by atoms with Crippen LogP contribution in [0.2, 0.25) is 0 Å². The van der Waals surface area contributed by atoms with E-state index in [1.807, 2.05) is 0 Å². The van der Waals surface area contributed by atoms with E-state index in [1.54, 1.807) is 0 Å². The van der Waals surface area contributed by atoms with E-state index in [0.29, 0.717) is 11.5 Å². The molecule has 4 heteroatoms. The van der Waals surface area contributed by atoms with Crippen LogP contribution in [0.15, 0.2) is 0 Å². The maximum absolute atomic E-state index is 6.96. The minimum Gasteiger partial charge on any atom is -0.370 e. The second kappa shape index (κ2) is 5.86. The summed E-state index contributed by atoms with van der Waals surface area (Å²) in [4.78, 5) is 0. The van der Waals surface area contributed by atoms with Crippen LogP contribution in [0.5, 0.6) is 0 Å². The molecule has 1 atom stereocenters. The molecule has 0 aromatic carbocycles. The lowest BCUT2D eigenvalue weighted by atomic mass is 9.88. The Balaban J connectivity index is 3.41. The van der Waals surface area contributed by atoms with Crippen molar-refractivity contribution in [1.29, 1.82) is 5.41 Å². The number of rotatable bonds is 5. The standard InChI is InChI=1S/C10H24N4/c1-8(10(2,3)4)13-6-5-7-14-9(11)12/h8,13H,5-7H2,1-4H3,(H4,11,12,14)/t8-/m0/s1. The highest BCUT2D eigenvalue weighted by Gasteiger charge is 2.18. The molecule has 0 aromatic heterocycles. The summed E-state index contributed by atoms with van der Waals surface area (Å²) in [7, 11) is 0. The predicted molar refractivity (Wildman–Crippen MR) is 61.5 cm³/mol. The lowest BCUT2D eigenvalue weighted by Gasteiger charge is -2.28. The van der Waals surface area contributed by atoms with Crippen LogP contribution in [0.4, 0.5) is 0 Å². The average Bonchev–Trinajstić information content (AvgIpc) is 2.01. The molecule has 14 heavy (non-hydrogen) atoms. The third kappa shape index (κ3) is 6.71. The molecule has 0 heterocycles. The minimum atomic E-state index is 0.0499. The summed E-state index contributed by atoms with van der Waals surface area (Å²) in [5.74, 6) is 0.0499. The molecule has 0 saturated heterocycles. The topological polar surface area (TPSA) is 73.9 Å². The summed E-state index contributed by atoms with van der Waals surface area (Å²) in [5.41, 5.74) is 5.46. The van der Waals surface area contributed by atoms with Crippen LogP contribution in [-0.2, 0) is 0 Å². The van der Waals surface area contributed by atoms with Crippen molar-refractivity contribution in [2.75, 3.05) is 13.1 Å². The number of hydrogen-bond donors (Lipinski definition) is 4. The van der Waals surface area contributed by atoms with Crippen molar-refractivity contribution < 1.29 is 0 Å². The molecule has 0 rings (SSSR count). The molecule has 0 amide bonds. The highest BCUT2D eigenvalue weighted by Crippen LogP contribution is 2.18. The normalized spacial score (nSPS) is 13.7. The Labute approximate surface area is 87.1 Å². The van der Waals surface area contributed by atoms with Gasteiger partial charge in [-0.15, -0.1) is 0 Å². The Bertz CT molecular complexity index is 171. The molecule has 0 aliphatic rings. The Morgan fingerprint density at radius 3 is 2.36 bits per heavy atom. The van der Waals surface area contributed by atoms with E-state index in [4.69, 9.17) is 11.1 Å². The molecule has 4 nitrogen and oxygen atoms in total. The average molecular weight is 200 g/mol. The first-order valence-electron chi connectivity index (χ1n) is 5.15. The van der Waals surface area contributed by atoms with E-state index in [0.717, 1.165) is 19.5 Å². The molecule has 0 aromatic rings. The summed E-state index contributed by atoms with van der Waals surface area (Å²) in [6.07, 6.45) is 0.986. The van der Waals surface area contributed by atoms with Crippen molar-refractivity contribution in [3.05, 3.63) is 0 Å². The Morgan fingerprint density at radius 2 is 1.93 bits per heavy atom.